The highest BCUT2D eigenvalue weighted by molar-refractivity contribution is 6.30. The van der Waals surface area contributed by atoms with Crippen molar-refractivity contribution in [2.45, 2.75) is 51.6 Å². The Balaban J connectivity index is 0.00000280. The van der Waals surface area contributed by atoms with E-state index in [1.165, 1.54) is 11.1 Å². The van der Waals surface area contributed by atoms with Gasteiger partial charge in [-0.25, -0.2) is 0 Å². The lowest BCUT2D eigenvalue weighted by Crippen LogP contribution is -2.35. The third-order valence-electron chi connectivity index (χ3n) is 5.03. The van der Waals surface area contributed by atoms with Crippen LogP contribution in [-0.2, 0) is 30.7 Å². The normalized spacial score (nSPS) is 13.4. The van der Waals surface area contributed by atoms with Crippen molar-refractivity contribution in [3.05, 3.63) is 58.0 Å². The number of unbranched alkanes of at least 4 members (excludes halogenated alkanes) is 2. The molecule has 1 aliphatic rings. The zero-order valence-corrected chi connectivity index (χ0v) is 18.3. The van der Waals surface area contributed by atoms with Crippen LogP contribution in [0.3, 0.4) is 0 Å². The van der Waals surface area contributed by atoms with Gasteiger partial charge in [-0.2, -0.15) is 0 Å². The van der Waals surface area contributed by atoms with Crippen molar-refractivity contribution < 1.29 is 9.21 Å². The number of rotatable bonds is 8. The highest BCUT2D eigenvalue weighted by Crippen LogP contribution is 2.24. The average Bonchev–Trinajstić information content (AvgIpc) is 3.03. The number of nitrogens with zero attached hydrogens (tertiary/aromatic N) is 2. The van der Waals surface area contributed by atoms with E-state index in [1.54, 1.807) is 0 Å². The molecule has 0 unspecified atom stereocenters. The molecule has 0 radical (unpaired) electrons. The predicted molar refractivity (Wildman–Crippen MR) is 116 cm³/mol. The monoisotopic (exact) mass is 424 g/mol. The van der Waals surface area contributed by atoms with E-state index in [0.717, 1.165) is 61.7 Å². The third kappa shape index (κ3) is 6.54. The summed E-state index contributed by atoms with van der Waals surface area (Å²) in [4.78, 5) is 16.6. The fourth-order valence-corrected chi connectivity index (χ4v) is 3.70. The Morgan fingerprint density at radius 3 is 2.64 bits per heavy atom. The molecule has 0 spiro atoms. The maximum Gasteiger partial charge on any atom is 0.222 e. The van der Waals surface area contributed by atoms with E-state index in [4.69, 9.17) is 16.0 Å². The molecule has 1 aliphatic heterocycles. The molecule has 154 valence electrons. The molecule has 0 bridgehead atoms. The first kappa shape index (κ1) is 22.8. The van der Waals surface area contributed by atoms with Crippen LogP contribution in [0.1, 0.15) is 48.3 Å². The standard InChI is InChI=1S/C22H29ClN2O2.ClH/c1-24(2)15-20-14-18-12-13-25(16-21(18)27-20)22(26)7-5-3-4-6-17-8-10-19(23)11-9-17;/h8-11,14H,3-7,12-13,15-16H2,1-2H3;1H. The molecule has 1 aromatic carbocycles. The van der Waals surface area contributed by atoms with Crippen LogP contribution in [0.15, 0.2) is 34.7 Å². The van der Waals surface area contributed by atoms with Gasteiger partial charge in [0.25, 0.3) is 0 Å². The van der Waals surface area contributed by atoms with Crippen LogP contribution < -0.4 is 0 Å². The molecule has 0 fully saturated rings. The number of halogens is 2. The van der Waals surface area contributed by atoms with Gasteiger partial charge in [-0.1, -0.05) is 30.2 Å². The maximum absolute atomic E-state index is 12.5. The number of benzene rings is 1. The second-order valence-electron chi connectivity index (χ2n) is 7.65. The Labute approximate surface area is 179 Å². The summed E-state index contributed by atoms with van der Waals surface area (Å²) in [5, 5.41) is 0.777. The molecule has 6 heteroatoms. The topological polar surface area (TPSA) is 36.7 Å². The highest BCUT2D eigenvalue weighted by Gasteiger charge is 2.23. The molecule has 4 nitrogen and oxygen atoms in total. The van der Waals surface area contributed by atoms with E-state index in [2.05, 4.69) is 23.1 Å². The summed E-state index contributed by atoms with van der Waals surface area (Å²) < 4.78 is 5.95. The van der Waals surface area contributed by atoms with Gasteiger partial charge < -0.3 is 14.2 Å². The number of carbonyl (C=O) groups is 1. The Hall–Kier alpha value is -1.49. The average molecular weight is 425 g/mol. The molecule has 1 amide bonds. The number of amides is 1. The largest absolute Gasteiger partial charge is 0.463 e. The first-order valence-corrected chi connectivity index (χ1v) is 10.2. The Morgan fingerprint density at radius 1 is 1.18 bits per heavy atom. The van der Waals surface area contributed by atoms with Crippen LogP contribution in [0.2, 0.25) is 5.02 Å². The van der Waals surface area contributed by atoms with Gasteiger partial charge in [0.15, 0.2) is 0 Å². The van der Waals surface area contributed by atoms with Crippen molar-refractivity contribution >= 4 is 29.9 Å². The Bertz CT molecular complexity index is 756. The molecule has 28 heavy (non-hydrogen) atoms. The summed E-state index contributed by atoms with van der Waals surface area (Å²) >= 11 is 5.91. The number of fused-ring (bicyclic) bond motifs is 1. The summed E-state index contributed by atoms with van der Waals surface area (Å²) in [5.74, 6) is 2.20. The zero-order chi connectivity index (χ0) is 19.2. The predicted octanol–water partition coefficient (Wildman–Crippen LogP) is 5.10. The van der Waals surface area contributed by atoms with Crippen LogP contribution in [-0.4, -0.2) is 36.3 Å². The third-order valence-corrected chi connectivity index (χ3v) is 5.28. The van der Waals surface area contributed by atoms with E-state index in [1.807, 2.05) is 31.1 Å². The van der Waals surface area contributed by atoms with E-state index in [9.17, 15) is 4.79 Å². The van der Waals surface area contributed by atoms with E-state index in [-0.39, 0.29) is 18.3 Å². The molecule has 3 rings (SSSR count). The summed E-state index contributed by atoms with van der Waals surface area (Å²) in [6.45, 7) is 2.22. The van der Waals surface area contributed by atoms with Gasteiger partial charge in [-0.15, -0.1) is 12.4 Å². The van der Waals surface area contributed by atoms with Gasteiger partial charge in [0.2, 0.25) is 5.91 Å². The summed E-state index contributed by atoms with van der Waals surface area (Å²) in [7, 11) is 4.06. The Kier molecular flexibility index (Phi) is 8.87. The van der Waals surface area contributed by atoms with E-state index in [0.29, 0.717) is 13.0 Å². The molecular formula is C22H30Cl2N2O2. The molecule has 1 aromatic heterocycles. The van der Waals surface area contributed by atoms with Crippen LogP contribution in [0.5, 0.6) is 0 Å². The number of furan rings is 1. The quantitative estimate of drug-likeness (QED) is 0.552. The maximum atomic E-state index is 12.5. The molecule has 2 heterocycles. The number of carbonyl (C=O) groups excluding carboxylic acids is 1. The number of aryl methyl sites for hydroxylation is 1. The minimum Gasteiger partial charge on any atom is -0.463 e. The second-order valence-corrected chi connectivity index (χ2v) is 8.09. The van der Waals surface area contributed by atoms with Gasteiger partial charge in [0.1, 0.15) is 11.5 Å². The van der Waals surface area contributed by atoms with Crippen LogP contribution in [0.25, 0.3) is 0 Å². The molecule has 0 saturated carbocycles. The molecular weight excluding hydrogens is 395 g/mol. The lowest BCUT2D eigenvalue weighted by Gasteiger charge is -2.26. The lowest BCUT2D eigenvalue weighted by atomic mass is 10.0. The van der Waals surface area contributed by atoms with E-state index >= 15 is 0 Å². The lowest BCUT2D eigenvalue weighted by molar-refractivity contribution is -0.132. The summed E-state index contributed by atoms with van der Waals surface area (Å²) in [5.41, 5.74) is 2.57. The van der Waals surface area contributed by atoms with Crippen LogP contribution in [0.4, 0.5) is 0 Å². The molecule has 0 N–H and O–H groups in total. The molecule has 0 aliphatic carbocycles. The highest BCUT2D eigenvalue weighted by atomic mass is 35.5. The SMILES string of the molecule is CN(C)Cc1cc2c(o1)CN(C(=O)CCCCCc1ccc(Cl)cc1)CC2.Cl. The van der Waals surface area contributed by atoms with Crippen LogP contribution in [0, 0.1) is 0 Å². The first-order valence-electron chi connectivity index (χ1n) is 9.78. The number of hydrogen-bond donors (Lipinski definition) is 0. The van der Waals surface area contributed by atoms with Gasteiger partial charge >= 0.3 is 0 Å². The van der Waals surface area contributed by atoms with Crippen molar-refractivity contribution in [2.24, 2.45) is 0 Å². The fourth-order valence-electron chi connectivity index (χ4n) is 3.58. The second kappa shape index (κ2) is 10.9. The minimum absolute atomic E-state index is 0. The molecule has 0 atom stereocenters. The minimum atomic E-state index is 0. The Morgan fingerprint density at radius 2 is 1.93 bits per heavy atom. The van der Waals surface area contributed by atoms with Gasteiger partial charge in [-0.05, 0) is 69.1 Å². The van der Waals surface area contributed by atoms with Crippen molar-refractivity contribution in [3.8, 4) is 0 Å². The zero-order valence-electron chi connectivity index (χ0n) is 16.7. The summed E-state index contributed by atoms with van der Waals surface area (Å²) in [6, 6.07) is 10.2. The fraction of sp³-hybridized carbons (Fsp3) is 0.500. The van der Waals surface area contributed by atoms with Gasteiger partial charge in [0, 0.05) is 18.0 Å². The molecule has 2 aromatic rings. The number of hydrogen-bond acceptors (Lipinski definition) is 3. The molecule has 0 saturated heterocycles. The first-order chi connectivity index (χ1) is 13.0. The van der Waals surface area contributed by atoms with Gasteiger partial charge in [0.05, 0.1) is 13.1 Å². The van der Waals surface area contributed by atoms with Gasteiger partial charge in [-0.3, -0.25) is 4.79 Å². The summed E-state index contributed by atoms with van der Waals surface area (Å²) in [6.07, 6.45) is 5.68. The van der Waals surface area contributed by atoms with E-state index < -0.39 is 0 Å². The smallest absolute Gasteiger partial charge is 0.222 e. The van der Waals surface area contributed by atoms with Crippen molar-refractivity contribution in [3.63, 3.8) is 0 Å². The van der Waals surface area contributed by atoms with Crippen LogP contribution >= 0.6 is 24.0 Å². The van der Waals surface area contributed by atoms with Crippen molar-refractivity contribution in [2.75, 3.05) is 20.6 Å². The van der Waals surface area contributed by atoms with Crippen molar-refractivity contribution in [1.82, 2.24) is 9.80 Å². The van der Waals surface area contributed by atoms with Crippen molar-refractivity contribution in [1.29, 1.82) is 0 Å².